The van der Waals surface area contributed by atoms with Gasteiger partial charge in [0.15, 0.2) is 9.84 Å². The molecule has 2 atom stereocenters. The van der Waals surface area contributed by atoms with Crippen molar-refractivity contribution in [3.8, 4) is 0 Å². The fraction of sp³-hybridized carbons (Fsp3) is 0.455. The predicted molar refractivity (Wildman–Crippen MR) is 59.2 cm³/mol. The zero-order valence-electron chi connectivity index (χ0n) is 8.77. The van der Waals surface area contributed by atoms with Crippen LogP contribution in [0.1, 0.15) is 19.3 Å². The maximum atomic E-state index is 12.7. The van der Waals surface area contributed by atoms with Gasteiger partial charge in [-0.1, -0.05) is 6.42 Å². The first-order valence-corrected chi connectivity index (χ1v) is 6.81. The average Bonchev–Trinajstić information content (AvgIpc) is 2.66. The lowest BCUT2D eigenvalue weighted by molar-refractivity contribution is 0.567. The topological polar surface area (TPSA) is 60.2 Å². The first-order chi connectivity index (χ1) is 7.51. The molecule has 1 aliphatic rings. The Kier molecular flexibility index (Phi) is 2.99. The second kappa shape index (κ2) is 4.14. The number of nitrogens with two attached hydrogens (primary N) is 1. The number of hydrogen-bond acceptors (Lipinski definition) is 3. The standard InChI is InChI=1S/C11H14FNO2S/c12-8-4-6-9(7-5-8)16(14,15)11-3-1-2-10(11)13/h4-7,10-11H,1-3,13H2. The van der Waals surface area contributed by atoms with Gasteiger partial charge in [-0.25, -0.2) is 12.8 Å². The van der Waals surface area contributed by atoms with Crippen molar-refractivity contribution in [1.82, 2.24) is 0 Å². The summed E-state index contributed by atoms with van der Waals surface area (Å²) < 4.78 is 37.0. The third kappa shape index (κ3) is 1.97. The van der Waals surface area contributed by atoms with Crippen molar-refractivity contribution in [2.45, 2.75) is 35.4 Å². The molecule has 0 aromatic heterocycles. The summed E-state index contributed by atoms with van der Waals surface area (Å²) in [6.07, 6.45) is 2.18. The summed E-state index contributed by atoms with van der Waals surface area (Å²) in [6.45, 7) is 0. The second-order valence-electron chi connectivity index (χ2n) is 4.13. The van der Waals surface area contributed by atoms with Gasteiger partial charge in [0.2, 0.25) is 0 Å². The number of rotatable bonds is 2. The van der Waals surface area contributed by atoms with Crippen LogP contribution in [0.4, 0.5) is 4.39 Å². The van der Waals surface area contributed by atoms with E-state index in [0.29, 0.717) is 6.42 Å². The van der Waals surface area contributed by atoms with Gasteiger partial charge in [0.25, 0.3) is 0 Å². The summed E-state index contributed by atoms with van der Waals surface area (Å²) in [4.78, 5) is 0.163. The molecule has 1 saturated carbocycles. The van der Waals surface area contributed by atoms with Crippen LogP contribution in [-0.4, -0.2) is 19.7 Å². The minimum Gasteiger partial charge on any atom is -0.327 e. The van der Waals surface area contributed by atoms with E-state index in [0.717, 1.165) is 25.0 Å². The number of sulfone groups is 1. The first kappa shape index (κ1) is 11.5. The van der Waals surface area contributed by atoms with Crippen LogP contribution in [0.5, 0.6) is 0 Å². The maximum absolute atomic E-state index is 12.7. The van der Waals surface area contributed by atoms with E-state index in [9.17, 15) is 12.8 Å². The van der Waals surface area contributed by atoms with E-state index in [2.05, 4.69) is 0 Å². The monoisotopic (exact) mass is 243 g/mol. The van der Waals surface area contributed by atoms with Crippen molar-refractivity contribution >= 4 is 9.84 Å². The highest BCUT2D eigenvalue weighted by atomic mass is 32.2. The van der Waals surface area contributed by atoms with Gasteiger partial charge in [-0.05, 0) is 37.1 Å². The van der Waals surface area contributed by atoms with Crippen molar-refractivity contribution in [2.75, 3.05) is 0 Å². The Labute approximate surface area is 94.4 Å². The van der Waals surface area contributed by atoms with E-state index in [-0.39, 0.29) is 10.9 Å². The maximum Gasteiger partial charge on any atom is 0.182 e. The normalized spacial score (nSPS) is 25.9. The van der Waals surface area contributed by atoms with Gasteiger partial charge in [-0.15, -0.1) is 0 Å². The molecule has 1 aliphatic carbocycles. The molecule has 3 nitrogen and oxygen atoms in total. The lowest BCUT2D eigenvalue weighted by Gasteiger charge is -2.16. The molecule has 0 bridgehead atoms. The van der Waals surface area contributed by atoms with Crippen LogP contribution in [0.15, 0.2) is 29.2 Å². The van der Waals surface area contributed by atoms with Gasteiger partial charge < -0.3 is 5.73 Å². The Morgan fingerprint density at radius 3 is 2.31 bits per heavy atom. The molecule has 0 spiro atoms. The van der Waals surface area contributed by atoms with Crippen LogP contribution in [0, 0.1) is 5.82 Å². The SMILES string of the molecule is NC1CCCC1S(=O)(=O)c1ccc(F)cc1. The molecule has 1 fully saturated rings. The van der Waals surface area contributed by atoms with E-state index in [4.69, 9.17) is 5.73 Å². The molecule has 2 rings (SSSR count). The molecule has 1 aromatic carbocycles. The van der Waals surface area contributed by atoms with Crippen molar-refractivity contribution in [1.29, 1.82) is 0 Å². The highest BCUT2D eigenvalue weighted by Crippen LogP contribution is 2.28. The molecule has 88 valence electrons. The zero-order chi connectivity index (χ0) is 11.8. The van der Waals surface area contributed by atoms with Crippen molar-refractivity contribution < 1.29 is 12.8 Å². The van der Waals surface area contributed by atoms with Crippen LogP contribution in [-0.2, 0) is 9.84 Å². The summed E-state index contributed by atoms with van der Waals surface area (Å²) in [5.74, 6) is -0.435. The van der Waals surface area contributed by atoms with E-state index < -0.39 is 20.9 Å². The molecule has 0 amide bonds. The lowest BCUT2D eigenvalue weighted by Crippen LogP contribution is -2.35. The van der Waals surface area contributed by atoms with Gasteiger partial charge in [0.1, 0.15) is 5.82 Å². The summed E-state index contributed by atoms with van der Waals surface area (Å²) in [7, 11) is -3.40. The number of benzene rings is 1. The minimum absolute atomic E-state index is 0.163. The zero-order valence-corrected chi connectivity index (χ0v) is 9.58. The Balaban J connectivity index is 2.35. The van der Waals surface area contributed by atoms with Gasteiger partial charge in [-0.2, -0.15) is 0 Å². The van der Waals surface area contributed by atoms with Crippen LogP contribution in [0.3, 0.4) is 0 Å². The lowest BCUT2D eigenvalue weighted by atomic mass is 10.3. The molecule has 2 N–H and O–H groups in total. The van der Waals surface area contributed by atoms with Crippen LogP contribution < -0.4 is 5.73 Å². The molecule has 5 heteroatoms. The summed E-state index contributed by atoms with van der Waals surface area (Å²) in [5, 5.41) is -0.516. The van der Waals surface area contributed by atoms with Crippen molar-refractivity contribution in [3.63, 3.8) is 0 Å². The second-order valence-corrected chi connectivity index (χ2v) is 6.30. The third-order valence-electron chi connectivity index (χ3n) is 3.04. The highest BCUT2D eigenvalue weighted by Gasteiger charge is 2.36. The van der Waals surface area contributed by atoms with Crippen LogP contribution >= 0.6 is 0 Å². The first-order valence-electron chi connectivity index (χ1n) is 5.27. The van der Waals surface area contributed by atoms with Gasteiger partial charge >= 0.3 is 0 Å². The van der Waals surface area contributed by atoms with Gasteiger partial charge in [0, 0.05) is 6.04 Å². The van der Waals surface area contributed by atoms with E-state index in [1.807, 2.05) is 0 Å². The number of hydrogen-bond donors (Lipinski definition) is 1. The molecule has 16 heavy (non-hydrogen) atoms. The van der Waals surface area contributed by atoms with Gasteiger partial charge in [0.05, 0.1) is 10.1 Å². The molecular formula is C11H14FNO2S. The van der Waals surface area contributed by atoms with E-state index in [1.54, 1.807) is 0 Å². The molecule has 1 aromatic rings. The van der Waals surface area contributed by atoms with Crippen LogP contribution in [0.25, 0.3) is 0 Å². The van der Waals surface area contributed by atoms with Crippen molar-refractivity contribution in [2.24, 2.45) is 5.73 Å². The molecule has 0 heterocycles. The van der Waals surface area contributed by atoms with Crippen LogP contribution in [0.2, 0.25) is 0 Å². The summed E-state index contributed by atoms with van der Waals surface area (Å²) in [5.41, 5.74) is 5.78. The number of halogens is 1. The fourth-order valence-electron chi connectivity index (χ4n) is 2.14. The Hall–Kier alpha value is -0.940. The smallest absolute Gasteiger partial charge is 0.182 e. The molecular weight excluding hydrogens is 229 g/mol. The Morgan fingerprint density at radius 1 is 1.19 bits per heavy atom. The highest BCUT2D eigenvalue weighted by molar-refractivity contribution is 7.92. The fourth-order valence-corrected chi connectivity index (χ4v) is 4.08. The quantitative estimate of drug-likeness (QED) is 0.800. The molecule has 0 aliphatic heterocycles. The van der Waals surface area contributed by atoms with E-state index >= 15 is 0 Å². The average molecular weight is 243 g/mol. The Bertz CT molecular complexity index is 469. The predicted octanol–water partition coefficient (Wildman–Crippen LogP) is 1.48. The summed E-state index contributed by atoms with van der Waals surface area (Å²) in [6, 6.07) is 4.63. The third-order valence-corrected chi connectivity index (χ3v) is 5.36. The van der Waals surface area contributed by atoms with Crippen molar-refractivity contribution in [3.05, 3.63) is 30.1 Å². The van der Waals surface area contributed by atoms with E-state index in [1.165, 1.54) is 12.1 Å². The van der Waals surface area contributed by atoms with Gasteiger partial charge in [-0.3, -0.25) is 0 Å². The molecule has 2 unspecified atom stereocenters. The summed E-state index contributed by atoms with van der Waals surface area (Å²) >= 11 is 0. The molecule has 0 saturated heterocycles. The Morgan fingerprint density at radius 2 is 1.81 bits per heavy atom. The largest absolute Gasteiger partial charge is 0.327 e. The molecule has 0 radical (unpaired) electrons. The minimum atomic E-state index is -3.40.